The topological polar surface area (TPSA) is 110 Å². The van der Waals surface area contributed by atoms with E-state index in [1.807, 2.05) is 19.1 Å². The Hall–Kier alpha value is -4.29. The van der Waals surface area contributed by atoms with Crippen molar-refractivity contribution in [2.45, 2.75) is 33.8 Å². The fraction of sp³-hybridized carbons (Fsp3) is 0.378. The Kier molecular flexibility index (Phi) is 12.6. The van der Waals surface area contributed by atoms with Gasteiger partial charge in [0.05, 0.1) is 20.8 Å². The number of hydrogen-bond donors (Lipinski definition) is 2. The molecule has 0 radical (unpaired) electrons. The van der Waals surface area contributed by atoms with Crippen molar-refractivity contribution in [2.24, 2.45) is 0 Å². The number of aryl methyl sites for hydroxylation is 1. The number of rotatable bonds is 13. The largest absolute Gasteiger partial charge is 0.493 e. The smallest absolute Gasteiger partial charge is 0.413 e. The van der Waals surface area contributed by atoms with Gasteiger partial charge in [0.15, 0.2) is 11.5 Å². The Morgan fingerprint density at radius 3 is 2.40 bits per heavy atom. The first-order valence-corrected chi connectivity index (χ1v) is 17.2. The van der Waals surface area contributed by atoms with Gasteiger partial charge in [-0.25, -0.2) is 9.78 Å². The quantitative estimate of drug-likeness (QED) is 0.132. The highest BCUT2D eigenvalue weighted by molar-refractivity contribution is 6.36. The molecule has 13 heteroatoms. The van der Waals surface area contributed by atoms with Crippen LogP contribution in [-0.4, -0.2) is 86.5 Å². The molecule has 1 aliphatic heterocycles. The van der Waals surface area contributed by atoms with Crippen molar-refractivity contribution in [1.29, 1.82) is 0 Å². The summed E-state index contributed by atoms with van der Waals surface area (Å²) >= 11 is 13.3. The monoisotopic (exact) mass is 722 g/mol. The number of halogens is 2. The first-order chi connectivity index (χ1) is 24.1. The van der Waals surface area contributed by atoms with Crippen LogP contribution in [0.5, 0.6) is 17.2 Å². The number of aromatic nitrogens is 2. The van der Waals surface area contributed by atoms with Crippen LogP contribution in [0.4, 0.5) is 22.2 Å². The predicted octanol–water partition coefficient (Wildman–Crippen LogP) is 7.90. The second-order valence-corrected chi connectivity index (χ2v) is 13.0. The van der Waals surface area contributed by atoms with E-state index in [0.29, 0.717) is 45.2 Å². The number of benzene rings is 3. The Balaban J connectivity index is 1.24. The van der Waals surface area contributed by atoms with E-state index in [0.717, 1.165) is 61.4 Å². The number of amides is 1. The molecule has 0 unspecified atom stereocenters. The van der Waals surface area contributed by atoms with E-state index in [2.05, 4.69) is 51.3 Å². The van der Waals surface area contributed by atoms with Gasteiger partial charge in [-0.05, 0) is 74.7 Å². The lowest BCUT2D eigenvalue weighted by atomic mass is 9.91. The summed E-state index contributed by atoms with van der Waals surface area (Å²) in [5, 5.41) is 6.79. The molecule has 1 aromatic heterocycles. The summed E-state index contributed by atoms with van der Waals surface area (Å²) in [6, 6.07) is 12.6. The standard InChI is InChI=1S/C37H44Cl2N6O5/c1-23-8-9-27(25(3)24(23)2)34-28(29(38)10-11-30(34)39)22-50-37(46)43-33-12-13-40-36(42-33)41-26-20-31(47-5)35(48-6)32(21-26)49-19-7-14-45-17-15-44(4)16-18-45/h8-13,20-21H,7,14-19,22H2,1-6H3,(H2,40,41,42,43,46). The van der Waals surface area contributed by atoms with E-state index in [1.54, 1.807) is 44.6 Å². The Morgan fingerprint density at radius 1 is 0.920 bits per heavy atom. The highest BCUT2D eigenvalue weighted by Gasteiger charge is 2.20. The maximum absolute atomic E-state index is 13.0. The highest BCUT2D eigenvalue weighted by atomic mass is 35.5. The Bertz CT molecular complexity index is 1820. The van der Waals surface area contributed by atoms with E-state index in [9.17, 15) is 4.79 Å². The van der Waals surface area contributed by atoms with Crippen LogP contribution in [-0.2, 0) is 11.3 Å². The highest BCUT2D eigenvalue weighted by Crippen LogP contribution is 2.41. The van der Waals surface area contributed by atoms with Gasteiger partial charge in [0, 0.05) is 77.9 Å². The van der Waals surface area contributed by atoms with Crippen molar-refractivity contribution in [3.63, 3.8) is 0 Å². The zero-order chi connectivity index (χ0) is 35.8. The molecule has 1 aliphatic rings. The first kappa shape index (κ1) is 37.0. The molecule has 0 spiro atoms. The van der Waals surface area contributed by atoms with Gasteiger partial charge in [0.1, 0.15) is 12.4 Å². The fourth-order valence-electron chi connectivity index (χ4n) is 5.80. The summed E-state index contributed by atoms with van der Waals surface area (Å²) in [6.45, 7) is 11.8. The van der Waals surface area contributed by atoms with E-state index in [4.69, 9.17) is 42.1 Å². The van der Waals surface area contributed by atoms with Crippen LogP contribution in [0.1, 0.15) is 28.7 Å². The molecule has 266 valence electrons. The maximum atomic E-state index is 13.0. The Labute approximate surface area is 303 Å². The van der Waals surface area contributed by atoms with Gasteiger partial charge in [-0.1, -0.05) is 35.3 Å². The zero-order valence-electron chi connectivity index (χ0n) is 29.4. The van der Waals surface area contributed by atoms with E-state index in [1.165, 1.54) is 11.8 Å². The average Bonchev–Trinajstić information content (AvgIpc) is 3.10. The average molecular weight is 724 g/mol. The van der Waals surface area contributed by atoms with Crippen LogP contribution in [0.15, 0.2) is 48.7 Å². The van der Waals surface area contributed by atoms with Gasteiger partial charge in [-0.3, -0.25) is 5.32 Å². The summed E-state index contributed by atoms with van der Waals surface area (Å²) in [6.07, 6.45) is 1.68. The second-order valence-electron chi connectivity index (χ2n) is 12.2. The van der Waals surface area contributed by atoms with Crippen molar-refractivity contribution in [3.05, 3.63) is 81.0 Å². The van der Waals surface area contributed by atoms with Gasteiger partial charge in [0.2, 0.25) is 11.7 Å². The third kappa shape index (κ3) is 9.08. The lowest BCUT2D eigenvalue weighted by molar-refractivity contribution is 0.145. The number of carbonyl (C=O) groups is 1. The van der Waals surface area contributed by atoms with E-state index >= 15 is 0 Å². The summed E-state index contributed by atoms with van der Waals surface area (Å²) in [7, 11) is 5.29. The van der Waals surface area contributed by atoms with Gasteiger partial charge in [-0.15, -0.1) is 0 Å². The number of hydrogen-bond acceptors (Lipinski definition) is 10. The lowest BCUT2D eigenvalue weighted by Gasteiger charge is -2.32. The zero-order valence-corrected chi connectivity index (χ0v) is 30.9. The van der Waals surface area contributed by atoms with E-state index < -0.39 is 6.09 Å². The molecule has 0 bridgehead atoms. The molecular formula is C37H44Cl2N6O5. The number of ether oxygens (including phenoxy) is 4. The maximum Gasteiger partial charge on any atom is 0.413 e. The number of nitrogens with one attached hydrogen (secondary N) is 2. The second kappa shape index (κ2) is 17.1. The van der Waals surface area contributed by atoms with Crippen LogP contribution < -0.4 is 24.8 Å². The number of carbonyl (C=O) groups excluding carboxylic acids is 1. The van der Waals surface area contributed by atoms with Crippen molar-refractivity contribution in [2.75, 3.05) is 71.2 Å². The fourth-order valence-corrected chi connectivity index (χ4v) is 6.29. The number of methoxy groups -OCH3 is 2. The SMILES string of the molecule is COc1cc(Nc2nccc(NC(=O)OCc3c(Cl)ccc(Cl)c3-c3ccc(C)c(C)c3C)n2)cc(OCCCN2CCN(C)CC2)c1OC. The number of nitrogens with zero attached hydrogens (tertiary/aromatic N) is 4. The molecule has 4 aromatic rings. The molecule has 50 heavy (non-hydrogen) atoms. The molecule has 1 amide bonds. The molecule has 2 heterocycles. The van der Waals surface area contributed by atoms with Gasteiger partial charge in [-0.2, -0.15) is 4.98 Å². The van der Waals surface area contributed by atoms with Crippen molar-refractivity contribution in [3.8, 4) is 28.4 Å². The van der Waals surface area contributed by atoms with Gasteiger partial charge >= 0.3 is 6.09 Å². The van der Waals surface area contributed by atoms with Gasteiger partial charge < -0.3 is 34.1 Å². The third-order valence-electron chi connectivity index (χ3n) is 8.94. The van der Waals surface area contributed by atoms with Crippen molar-refractivity contribution >= 4 is 46.7 Å². The minimum atomic E-state index is -0.716. The molecule has 0 atom stereocenters. The van der Waals surface area contributed by atoms with Crippen LogP contribution >= 0.6 is 23.2 Å². The summed E-state index contributed by atoms with van der Waals surface area (Å²) in [5.41, 5.74) is 6.29. The van der Waals surface area contributed by atoms with E-state index in [-0.39, 0.29) is 18.4 Å². The minimum Gasteiger partial charge on any atom is -0.493 e. The molecule has 2 N–H and O–H groups in total. The summed E-state index contributed by atoms with van der Waals surface area (Å²) in [4.78, 5) is 26.5. The Morgan fingerprint density at radius 2 is 1.66 bits per heavy atom. The molecule has 1 saturated heterocycles. The molecule has 3 aromatic carbocycles. The van der Waals surface area contributed by atoms with Crippen LogP contribution in [0.3, 0.4) is 0 Å². The number of piperazine rings is 1. The first-order valence-electron chi connectivity index (χ1n) is 16.5. The van der Waals surface area contributed by atoms with Gasteiger partial charge in [0.25, 0.3) is 0 Å². The molecule has 11 nitrogen and oxygen atoms in total. The predicted molar refractivity (Wildman–Crippen MR) is 199 cm³/mol. The molecule has 5 rings (SSSR count). The van der Waals surface area contributed by atoms with Crippen LogP contribution in [0.2, 0.25) is 10.0 Å². The molecule has 0 aliphatic carbocycles. The summed E-state index contributed by atoms with van der Waals surface area (Å²) in [5.74, 6) is 1.98. The summed E-state index contributed by atoms with van der Waals surface area (Å²) < 4.78 is 23.0. The van der Waals surface area contributed by atoms with Crippen LogP contribution in [0.25, 0.3) is 11.1 Å². The third-order valence-corrected chi connectivity index (χ3v) is 9.61. The molecular weight excluding hydrogens is 679 g/mol. The van der Waals surface area contributed by atoms with Crippen molar-refractivity contribution in [1.82, 2.24) is 19.8 Å². The lowest BCUT2D eigenvalue weighted by Crippen LogP contribution is -2.44. The molecule has 0 saturated carbocycles. The normalized spacial score (nSPS) is 13.5. The number of likely N-dealkylation sites (N-methyl/N-ethyl adjacent to an activating group) is 1. The van der Waals surface area contributed by atoms with Crippen molar-refractivity contribution < 1.29 is 23.7 Å². The van der Waals surface area contributed by atoms with Crippen LogP contribution in [0, 0.1) is 20.8 Å². The minimum absolute atomic E-state index is 0.104. The molecule has 1 fully saturated rings. The number of anilines is 3.